The first kappa shape index (κ1) is 8.94. The summed E-state index contributed by atoms with van der Waals surface area (Å²) in [5, 5.41) is 4.31. The third-order valence-corrected chi connectivity index (χ3v) is 3.72. The summed E-state index contributed by atoms with van der Waals surface area (Å²) in [7, 11) is 0. The molecule has 0 unspecified atom stereocenters. The van der Waals surface area contributed by atoms with Crippen LogP contribution in [0.15, 0.2) is 29.0 Å². The molecule has 0 aromatic carbocycles. The molecular formula is C10H11NS2. The maximum atomic E-state index is 5.55. The topological polar surface area (TPSA) is 26.0 Å². The summed E-state index contributed by atoms with van der Waals surface area (Å²) in [4.78, 5) is 2.67. The van der Waals surface area contributed by atoms with Crippen LogP contribution in [0.4, 0.5) is 0 Å². The first-order valence-corrected chi connectivity index (χ1v) is 5.93. The van der Waals surface area contributed by atoms with Crippen LogP contribution in [-0.4, -0.2) is 0 Å². The van der Waals surface area contributed by atoms with Crippen molar-refractivity contribution in [1.82, 2.24) is 0 Å². The van der Waals surface area contributed by atoms with E-state index in [9.17, 15) is 0 Å². The Labute approximate surface area is 85.8 Å². The Hall–Kier alpha value is -0.640. The molecule has 0 atom stereocenters. The van der Waals surface area contributed by atoms with Crippen molar-refractivity contribution >= 4 is 22.7 Å². The van der Waals surface area contributed by atoms with Gasteiger partial charge >= 0.3 is 0 Å². The minimum absolute atomic E-state index is 0.661. The molecular weight excluding hydrogens is 198 g/mol. The lowest BCUT2D eigenvalue weighted by atomic mass is 10.2. The van der Waals surface area contributed by atoms with E-state index < -0.39 is 0 Å². The van der Waals surface area contributed by atoms with Crippen molar-refractivity contribution in [3.8, 4) is 0 Å². The van der Waals surface area contributed by atoms with E-state index in [-0.39, 0.29) is 0 Å². The largest absolute Gasteiger partial charge is 0.326 e. The van der Waals surface area contributed by atoms with Crippen molar-refractivity contribution < 1.29 is 0 Å². The van der Waals surface area contributed by atoms with Gasteiger partial charge < -0.3 is 5.73 Å². The highest BCUT2D eigenvalue weighted by molar-refractivity contribution is 7.12. The van der Waals surface area contributed by atoms with E-state index >= 15 is 0 Å². The number of rotatable bonds is 3. The monoisotopic (exact) mass is 209 g/mol. The fraction of sp³-hybridized carbons (Fsp3) is 0.200. The molecule has 0 spiro atoms. The van der Waals surface area contributed by atoms with Crippen LogP contribution in [-0.2, 0) is 13.0 Å². The summed E-state index contributed by atoms with van der Waals surface area (Å²) < 4.78 is 0. The maximum Gasteiger partial charge on any atom is 0.0273 e. The quantitative estimate of drug-likeness (QED) is 0.826. The first-order chi connectivity index (χ1) is 6.38. The Kier molecular flexibility index (Phi) is 2.78. The van der Waals surface area contributed by atoms with Gasteiger partial charge in [0, 0.05) is 22.7 Å². The van der Waals surface area contributed by atoms with E-state index in [4.69, 9.17) is 5.73 Å². The molecule has 0 radical (unpaired) electrons. The van der Waals surface area contributed by atoms with Gasteiger partial charge in [0.25, 0.3) is 0 Å². The standard InChI is InChI=1S/C10H11NS2/c11-6-10-2-1-9(13-10)5-8-3-4-12-7-8/h1-4,7H,5-6,11H2. The zero-order valence-corrected chi connectivity index (χ0v) is 8.83. The van der Waals surface area contributed by atoms with E-state index in [1.54, 1.807) is 11.3 Å². The maximum absolute atomic E-state index is 5.55. The number of hydrogen-bond acceptors (Lipinski definition) is 3. The molecule has 0 aliphatic carbocycles. The lowest BCUT2D eigenvalue weighted by Gasteiger charge is -1.91. The summed E-state index contributed by atoms with van der Waals surface area (Å²) in [5.41, 5.74) is 6.95. The molecule has 2 N–H and O–H groups in total. The second-order valence-corrected chi connectivity index (χ2v) is 4.91. The predicted molar refractivity (Wildman–Crippen MR) is 59.3 cm³/mol. The van der Waals surface area contributed by atoms with Gasteiger partial charge in [-0.15, -0.1) is 11.3 Å². The van der Waals surface area contributed by atoms with Gasteiger partial charge in [0.1, 0.15) is 0 Å². The summed E-state index contributed by atoms with van der Waals surface area (Å²) in [6.07, 6.45) is 1.05. The predicted octanol–water partition coefficient (Wildman–Crippen LogP) is 2.86. The van der Waals surface area contributed by atoms with Gasteiger partial charge in [0.2, 0.25) is 0 Å². The van der Waals surface area contributed by atoms with Crippen LogP contribution in [0, 0.1) is 0 Å². The third-order valence-electron chi connectivity index (χ3n) is 1.88. The average Bonchev–Trinajstić information content (AvgIpc) is 2.76. The fourth-order valence-electron chi connectivity index (χ4n) is 1.22. The summed E-state index contributed by atoms with van der Waals surface area (Å²) in [5.74, 6) is 0. The van der Waals surface area contributed by atoms with E-state index in [0.717, 1.165) is 6.42 Å². The normalized spacial score (nSPS) is 10.5. The molecule has 0 aliphatic rings. The lowest BCUT2D eigenvalue weighted by molar-refractivity contribution is 1.11. The minimum Gasteiger partial charge on any atom is -0.326 e. The smallest absolute Gasteiger partial charge is 0.0273 e. The van der Waals surface area contributed by atoms with Crippen molar-refractivity contribution in [3.05, 3.63) is 44.3 Å². The van der Waals surface area contributed by atoms with Crippen LogP contribution >= 0.6 is 22.7 Å². The van der Waals surface area contributed by atoms with Crippen LogP contribution in [0.3, 0.4) is 0 Å². The second kappa shape index (κ2) is 4.05. The summed E-state index contributed by atoms with van der Waals surface area (Å²) >= 11 is 3.56. The molecule has 2 rings (SSSR count). The number of nitrogens with two attached hydrogens (primary N) is 1. The van der Waals surface area contributed by atoms with Gasteiger partial charge in [-0.3, -0.25) is 0 Å². The molecule has 68 valence electrons. The van der Waals surface area contributed by atoms with Crippen LogP contribution < -0.4 is 5.73 Å². The zero-order valence-electron chi connectivity index (χ0n) is 7.19. The Balaban J connectivity index is 2.10. The molecule has 1 nitrogen and oxygen atoms in total. The SMILES string of the molecule is NCc1ccc(Cc2ccsc2)s1. The van der Waals surface area contributed by atoms with Gasteiger partial charge in [0.05, 0.1) is 0 Å². The zero-order chi connectivity index (χ0) is 9.10. The number of thiophene rings is 2. The van der Waals surface area contributed by atoms with Crippen molar-refractivity contribution in [2.24, 2.45) is 5.73 Å². The molecule has 0 saturated heterocycles. The molecule has 3 heteroatoms. The van der Waals surface area contributed by atoms with Gasteiger partial charge in [-0.05, 0) is 34.5 Å². The summed E-state index contributed by atoms with van der Waals surface area (Å²) in [6, 6.07) is 6.46. The minimum atomic E-state index is 0.661. The fourth-order valence-corrected chi connectivity index (χ4v) is 2.82. The second-order valence-electron chi connectivity index (χ2n) is 2.88. The van der Waals surface area contributed by atoms with Gasteiger partial charge in [0.15, 0.2) is 0 Å². The Bertz CT molecular complexity index is 362. The first-order valence-electron chi connectivity index (χ1n) is 4.17. The summed E-state index contributed by atoms with van der Waals surface area (Å²) in [6.45, 7) is 0.661. The van der Waals surface area contributed by atoms with Crippen LogP contribution in [0.25, 0.3) is 0 Å². The molecule has 13 heavy (non-hydrogen) atoms. The molecule has 2 heterocycles. The van der Waals surface area contributed by atoms with Crippen LogP contribution in [0.5, 0.6) is 0 Å². The molecule has 2 aromatic rings. The van der Waals surface area contributed by atoms with Gasteiger partial charge in [-0.25, -0.2) is 0 Å². The molecule has 0 fully saturated rings. The van der Waals surface area contributed by atoms with Crippen molar-refractivity contribution in [2.45, 2.75) is 13.0 Å². The van der Waals surface area contributed by atoms with Gasteiger partial charge in [-0.2, -0.15) is 11.3 Å². The van der Waals surface area contributed by atoms with E-state index in [1.807, 2.05) is 11.3 Å². The molecule has 0 saturated carbocycles. The third kappa shape index (κ3) is 2.18. The van der Waals surface area contributed by atoms with E-state index in [0.29, 0.717) is 6.54 Å². The molecule has 2 aromatic heterocycles. The highest BCUT2D eigenvalue weighted by Crippen LogP contribution is 2.20. The van der Waals surface area contributed by atoms with Crippen LogP contribution in [0.2, 0.25) is 0 Å². The Morgan fingerprint density at radius 1 is 1.15 bits per heavy atom. The van der Waals surface area contributed by atoms with Crippen LogP contribution in [0.1, 0.15) is 15.3 Å². The van der Waals surface area contributed by atoms with Gasteiger partial charge in [-0.1, -0.05) is 0 Å². The molecule has 0 amide bonds. The highest BCUT2D eigenvalue weighted by Gasteiger charge is 2.00. The number of hydrogen-bond donors (Lipinski definition) is 1. The van der Waals surface area contributed by atoms with E-state index in [1.165, 1.54) is 15.3 Å². The van der Waals surface area contributed by atoms with Crippen molar-refractivity contribution in [2.75, 3.05) is 0 Å². The molecule has 0 aliphatic heterocycles. The van der Waals surface area contributed by atoms with Crippen molar-refractivity contribution in [3.63, 3.8) is 0 Å². The lowest BCUT2D eigenvalue weighted by Crippen LogP contribution is -1.91. The average molecular weight is 209 g/mol. The Morgan fingerprint density at radius 3 is 2.62 bits per heavy atom. The molecule has 0 bridgehead atoms. The van der Waals surface area contributed by atoms with Crippen molar-refractivity contribution in [1.29, 1.82) is 0 Å². The highest BCUT2D eigenvalue weighted by atomic mass is 32.1. The Morgan fingerprint density at radius 2 is 2.00 bits per heavy atom. The van der Waals surface area contributed by atoms with E-state index in [2.05, 4.69) is 29.0 Å².